The minimum Gasteiger partial charge on any atom is -0.370 e. The summed E-state index contributed by atoms with van der Waals surface area (Å²) in [5.74, 6) is 3.01. The number of anilines is 2. The van der Waals surface area contributed by atoms with Crippen molar-refractivity contribution in [2.45, 2.75) is 38.5 Å². The Bertz CT molecular complexity index is 529. The lowest BCUT2D eigenvalue weighted by molar-refractivity contribution is -0.121. The quantitative estimate of drug-likeness (QED) is 0.829. The van der Waals surface area contributed by atoms with Crippen molar-refractivity contribution in [3.05, 3.63) is 11.9 Å². The molecule has 1 unspecified atom stereocenters. The highest BCUT2D eigenvalue weighted by Crippen LogP contribution is 2.39. The first-order valence-electron chi connectivity index (χ1n) is 7.84. The van der Waals surface area contributed by atoms with Crippen molar-refractivity contribution >= 4 is 17.5 Å². The Morgan fingerprint density at radius 3 is 2.86 bits per heavy atom. The molecule has 6 heteroatoms. The second kappa shape index (κ2) is 5.87. The maximum atomic E-state index is 11.3. The predicted molar refractivity (Wildman–Crippen MR) is 82.3 cm³/mol. The largest absolute Gasteiger partial charge is 0.370 e. The van der Waals surface area contributed by atoms with Gasteiger partial charge in [-0.3, -0.25) is 4.79 Å². The Balaban J connectivity index is 1.80. The lowest BCUT2D eigenvalue weighted by Crippen LogP contribution is -2.28. The van der Waals surface area contributed by atoms with Crippen molar-refractivity contribution in [2.75, 3.05) is 29.9 Å². The molecule has 0 spiro atoms. The predicted octanol–water partition coefficient (Wildman–Crippen LogP) is 1.49. The third kappa shape index (κ3) is 3.25. The molecule has 1 aliphatic carbocycles. The monoisotopic (exact) mass is 289 g/mol. The van der Waals surface area contributed by atoms with Crippen LogP contribution >= 0.6 is 0 Å². The summed E-state index contributed by atoms with van der Waals surface area (Å²) < 4.78 is 0. The fourth-order valence-electron chi connectivity index (χ4n) is 2.68. The van der Waals surface area contributed by atoms with Crippen LogP contribution in [0, 0.1) is 5.92 Å². The number of aromatic nitrogens is 2. The summed E-state index contributed by atoms with van der Waals surface area (Å²) in [5, 5.41) is 3.35. The van der Waals surface area contributed by atoms with E-state index in [4.69, 9.17) is 10.7 Å². The van der Waals surface area contributed by atoms with Crippen LogP contribution < -0.4 is 16.0 Å². The number of nitrogens with one attached hydrogen (secondary N) is 1. The Labute approximate surface area is 125 Å². The van der Waals surface area contributed by atoms with Crippen molar-refractivity contribution in [3.63, 3.8) is 0 Å². The van der Waals surface area contributed by atoms with Crippen molar-refractivity contribution in [3.8, 4) is 0 Å². The summed E-state index contributed by atoms with van der Waals surface area (Å²) in [6.45, 7) is 4.55. The van der Waals surface area contributed by atoms with Gasteiger partial charge in [0.1, 0.15) is 17.5 Å². The molecule has 0 aromatic carbocycles. The summed E-state index contributed by atoms with van der Waals surface area (Å²) in [7, 11) is 0. The van der Waals surface area contributed by atoms with E-state index in [2.05, 4.69) is 22.1 Å². The fraction of sp³-hybridized carbons (Fsp3) is 0.667. The molecule has 1 aromatic heterocycles. The van der Waals surface area contributed by atoms with Crippen LogP contribution in [0.3, 0.4) is 0 Å². The van der Waals surface area contributed by atoms with Crippen LogP contribution in [0.15, 0.2) is 6.07 Å². The van der Waals surface area contributed by atoms with Crippen LogP contribution in [0.1, 0.15) is 44.3 Å². The normalized spacial score (nSPS) is 21.6. The Kier molecular flexibility index (Phi) is 3.94. The second-order valence-electron chi connectivity index (χ2n) is 6.00. The topological polar surface area (TPSA) is 84.1 Å². The van der Waals surface area contributed by atoms with E-state index < -0.39 is 0 Å². The first-order valence-corrected chi connectivity index (χ1v) is 7.84. The summed E-state index contributed by atoms with van der Waals surface area (Å²) in [6, 6.07) is 1.99. The highest BCUT2D eigenvalue weighted by atomic mass is 16.1. The van der Waals surface area contributed by atoms with Crippen LogP contribution in [-0.2, 0) is 4.79 Å². The van der Waals surface area contributed by atoms with Gasteiger partial charge in [0.15, 0.2) is 0 Å². The van der Waals surface area contributed by atoms with Crippen LogP contribution in [0.5, 0.6) is 0 Å². The van der Waals surface area contributed by atoms with Gasteiger partial charge in [-0.1, -0.05) is 6.92 Å². The van der Waals surface area contributed by atoms with Gasteiger partial charge in [-0.25, -0.2) is 9.97 Å². The summed E-state index contributed by atoms with van der Waals surface area (Å²) in [5.41, 5.74) is 5.41. The number of rotatable bonds is 6. The number of nitrogens with zero attached hydrogens (tertiary/aromatic N) is 3. The Morgan fingerprint density at radius 2 is 2.24 bits per heavy atom. The minimum atomic E-state index is -0.210. The molecule has 0 radical (unpaired) electrons. The molecular formula is C15H23N5O. The summed E-state index contributed by atoms with van der Waals surface area (Å²) in [6.07, 6.45) is 4.24. The van der Waals surface area contributed by atoms with Crippen LogP contribution in [-0.4, -0.2) is 35.5 Å². The molecule has 1 amide bonds. The van der Waals surface area contributed by atoms with Gasteiger partial charge in [-0.15, -0.1) is 0 Å². The molecule has 2 aliphatic rings. The van der Waals surface area contributed by atoms with Crippen LogP contribution in [0.4, 0.5) is 11.6 Å². The number of primary amides is 1. The highest BCUT2D eigenvalue weighted by Gasteiger charge is 2.31. The van der Waals surface area contributed by atoms with E-state index in [1.54, 1.807) is 0 Å². The Morgan fingerprint density at radius 1 is 1.43 bits per heavy atom. The molecule has 1 aromatic rings. The molecule has 114 valence electrons. The molecular weight excluding hydrogens is 266 g/mol. The lowest BCUT2D eigenvalue weighted by atomic mass is 10.1. The van der Waals surface area contributed by atoms with Crippen molar-refractivity contribution in [2.24, 2.45) is 11.7 Å². The van der Waals surface area contributed by atoms with E-state index in [-0.39, 0.29) is 11.8 Å². The number of nitrogens with two attached hydrogens (primary N) is 1. The number of hydrogen-bond donors (Lipinski definition) is 2. The molecule has 21 heavy (non-hydrogen) atoms. The van der Waals surface area contributed by atoms with Gasteiger partial charge in [0, 0.05) is 31.6 Å². The number of amides is 1. The van der Waals surface area contributed by atoms with Crippen LogP contribution in [0.2, 0.25) is 0 Å². The van der Waals surface area contributed by atoms with Crippen LogP contribution in [0.25, 0.3) is 0 Å². The molecule has 3 N–H and O–H groups in total. The number of carbonyl (C=O) groups excluding carboxylic acids is 1. The molecule has 1 aliphatic heterocycles. The van der Waals surface area contributed by atoms with Gasteiger partial charge in [0.2, 0.25) is 5.91 Å². The molecule has 2 fully saturated rings. The maximum absolute atomic E-state index is 11.3. The molecule has 0 bridgehead atoms. The summed E-state index contributed by atoms with van der Waals surface area (Å²) >= 11 is 0. The number of hydrogen-bond acceptors (Lipinski definition) is 5. The van der Waals surface area contributed by atoms with Gasteiger partial charge in [-0.2, -0.15) is 0 Å². The zero-order valence-corrected chi connectivity index (χ0v) is 12.5. The van der Waals surface area contributed by atoms with Crippen molar-refractivity contribution < 1.29 is 4.79 Å². The maximum Gasteiger partial charge on any atom is 0.222 e. The van der Waals surface area contributed by atoms with Gasteiger partial charge in [0.25, 0.3) is 0 Å². The SMILES string of the molecule is CCCNc1cc(N2CCC(C(N)=O)C2)nc(C2CC2)n1. The molecule has 3 rings (SSSR count). The Hall–Kier alpha value is -1.85. The van der Waals surface area contributed by atoms with Crippen molar-refractivity contribution in [1.82, 2.24) is 9.97 Å². The molecule has 2 heterocycles. The molecule has 1 atom stereocenters. The van der Waals surface area contributed by atoms with E-state index in [0.29, 0.717) is 12.5 Å². The fourth-order valence-corrected chi connectivity index (χ4v) is 2.68. The average Bonchev–Trinajstić information content (AvgIpc) is 3.21. The first kappa shape index (κ1) is 14.1. The zero-order valence-electron chi connectivity index (χ0n) is 12.5. The standard InChI is InChI=1S/C15H23N5O/c1-2-6-17-12-8-13(19-15(18-12)10-3-4-10)20-7-5-11(9-20)14(16)21/h8,10-11H,2-7,9H2,1H3,(H2,16,21)(H,17,18,19). The number of carbonyl (C=O) groups is 1. The second-order valence-corrected chi connectivity index (χ2v) is 6.00. The lowest BCUT2D eigenvalue weighted by Gasteiger charge is -2.19. The van der Waals surface area contributed by atoms with Gasteiger partial charge < -0.3 is 16.0 Å². The third-order valence-corrected chi connectivity index (χ3v) is 4.14. The molecule has 6 nitrogen and oxygen atoms in total. The van der Waals surface area contributed by atoms with Gasteiger partial charge in [-0.05, 0) is 25.7 Å². The van der Waals surface area contributed by atoms with Crippen molar-refractivity contribution in [1.29, 1.82) is 0 Å². The van der Waals surface area contributed by atoms with E-state index >= 15 is 0 Å². The zero-order chi connectivity index (χ0) is 14.8. The average molecular weight is 289 g/mol. The van der Waals surface area contributed by atoms with E-state index in [9.17, 15) is 4.79 Å². The van der Waals surface area contributed by atoms with E-state index in [0.717, 1.165) is 43.4 Å². The molecule has 1 saturated heterocycles. The van der Waals surface area contributed by atoms with Gasteiger partial charge in [0.05, 0.1) is 5.92 Å². The minimum absolute atomic E-state index is 0.0589. The first-order chi connectivity index (χ1) is 10.2. The van der Waals surface area contributed by atoms with E-state index in [1.807, 2.05) is 6.07 Å². The van der Waals surface area contributed by atoms with E-state index in [1.165, 1.54) is 12.8 Å². The third-order valence-electron chi connectivity index (χ3n) is 4.14. The van der Waals surface area contributed by atoms with Gasteiger partial charge >= 0.3 is 0 Å². The summed E-state index contributed by atoms with van der Waals surface area (Å²) in [4.78, 5) is 22.8. The highest BCUT2D eigenvalue weighted by molar-refractivity contribution is 5.78. The smallest absolute Gasteiger partial charge is 0.222 e. The molecule has 1 saturated carbocycles.